The topological polar surface area (TPSA) is 46.4 Å². The Morgan fingerprint density at radius 2 is 1.90 bits per heavy atom. The summed E-state index contributed by atoms with van der Waals surface area (Å²) in [4.78, 5) is 15.9. The first-order chi connectivity index (χ1) is 9.75. The number of benzene rings is 1. The number of aromatic nitrogens is 2. The molecule has 0 saturated carbocycles. The quantitative estimate of drug-likeness (QED) is 0.791. The van der Waals surface area contributed by atoms with Gasteiger partial charge in [-0.05, 0) is 12.1 Å². The van der Waals surface area contributed by atoms with Crippen LogP contribution in [0.15, 0.2) is 54.7 Å². The molecule has 0 spiro atoms. The summed E-state index contributed by atoms with van der Waals surface area (Å²) in [6, 6.07) is 15.9. The Morgan fingerprint density at radius 1 is 1.15 bits per heavy atom. The van der Waals surface area contributed by atoms with Gasteiger partial charge in [0, 0.05) is 18.7 Å². The summed E-state index contributed by atoms with van der Waals surface area (Å²) in [6.45, 7) is 1.98. The van der Waals surface area contributed by atoms with E-state index in [1.165, 1.54) is 6.92 Å². The predicted molar refractivity (Wildman–Crippen MR) is 78.1 cm³/mol. The molecule has 1 amide bonds. The van der Waals surface area contributed by atoms with Crippen molar-refractivity contribution in [3.05, 3.63) is 60.4 Å². The first kappa shape index (κ1) is 12.4. The highest BCUT2D eigenvalue weighted by atomic mass is 16.1. The minimum absolute atomic E-state index is 0.0464. The van der Waals surface area contributed by atoms with Crippen LogP contribution in [0.5, 0.6) is 0 Å². The van der Waals surface area contributed by atoms with Gasteiger partial charge in [0.25, 0.3) is 0 Å². The Bertz CT molecular complexity index is 747. The molecule has 3 rings (SSSR count). The van der Waals surface area contributed by atoms with Crippen LogP contribution in [-0.4, -0.2) is 15.3 Å². The first-order valence-corrected chi connectivity index (χ1v) is 6.51. The van der Waals surface area contributed by atoms with E-state index < -0.39 is 0 Å². The fourth-order valence-electron chi connectivity index (χ4n) is 2.25. The molecule has 0 radical (unpaired) electrons. The summed E-state index contributed by atoms with van der Waals surface area (Å²) in [5.41, 5.74) is 3.83. The minimum Gasteiger partial charge on any atom is -0.351 e. The van der Waals surface area contributed by atoms with Crippen LogP contribution in [-0.2, 0) is 11.3 Å². The van der Waals surface area contributed by atoms with Crippen molar-refractivity contribution in [2.45, 2.75) is 13.5 Å². The molecule has 2 aromatic heterocycles. The molecule has 0 fully saturated rings. The molecule has 0 aliphatic carbocycles. The van der Waals surface area contributed by atoms with Crippen LogP contribution in [0.25, 0.3) is 16.9 Å². The summed E-state index contributed by atoms with van der Waals surface area (Å²) in [5.74, 6) is -0.0464. The molecule has 0 aliphatic heterocycles. The Hall–Kier alpha value is -2.62. The monoisotopic (exact) mass is 265 g/mol. The number of nitrogens with one attached hydrogen (secondary N) is 1. The van der Waals surface area contributed by atoms with Crippen LogP contribution >= 0.6 is 0 Å². The van der Waals surface area contributed by atoms with Gasteiger partial charge in [-0.15, -0.1) is 0 Å². The lowest BCUT2D eigenvalue weighted by Gasteiger charge is -2.06. The summed E-state index contributed by atoms with van der Waals surface area (Å²) in [5, 5.41) is 2.85. The van der Waals surface area contributed by atoms with Crippen molar-refractivity contribution in [2.24, 2.45) is 0 Å². The maximum atomic E-state index is 11.2. The van der Waals surface area contributed by atoms with Gasteiger partial charge in [-0.2, -0.15) is 0 Å². The number of pyridine rings is 1. The molecule has 3 aromatic rings. The summed E-state index contributed by atoms with van der Waals surface area (Å²) >= 11 is 0. The number of fused-ring (bicyclic) bond motifs is 1. The molecule has 0 unspecified atom stereocenters. The fraction of sp³-hybridized carbons (Fsp3) is 0.125. The second kappa shape index (κ2) is 5.17. The van der Waals surface area contributed by atoms with Crippen LogP contribution in [0.3, 0.4) is 0 Å². The highest BCUT2D eigenvalue weighted by molar-refractivity contribution is 5.73. The van der Waals surface area contributed by atoms with Crippen LogP contribution in [0.2, 0.25) is 0 Å². The second-order valence-electron chi connectivity index (χ2n) is 4.61. The van der Waals surface area contributed by atoms with Gasteiger partial charge in [0.15, 0.2) is 0 Å². The number of nitrogens with zero attached hydrogens (tertiary/aromatic N) is 2. The van der Waals surface area contributed by atoms with Crippen molar-refractivity contribution < 1.29 is 4.79 Å². The molecule has 4 heteroatoms. The van der Waals surface area contributed by atoms with E-state index in [1.807, 2.05) is 59.1 Å². The molecule has 4 nitrogen and oxygen atoms in total. The van der Waals surface area contributed by atoms with E-state index in [0.29, 0.717) is 6.54 Å². The third kappa shape index (κ3) is 2.28. The number of amides is 1. The standard InChI is InChI=1S/C16H15N3O/c1-12(20)17-11-14-16(13-7-3-2-4-8-13)18-15-9-5-6-10-19(14)15/h2-10H,11H2,1H3,(H,17,20). The van der Waals surface area contributed by atoms with Gasteiger partial charge in [0.1, 0.15) is 5.65 Å². The summed E-state index contributed by atoms with van der Waals surface area (Å²) in [6.07, 6.45) is 1.96. The molecule has 100 valence electrons. The Morgan fingerprint density at radius 3 is 2.65 bits per heavy atom. The van der Waals surface area contributed by atoms with E-state index in [9.17, 15) is 4.79 Å². The number of carbonyl (C=O) groups excluding carboxylic acids is 1. The largest absolute Gasteiger partial charge is 0.351 e. The smallest absolute Gasteiger partial charge is 0.217 e. The van der Waals surface area contributed by atoms with E-state index >= 15 is 0 Å². The van der Waals surface area contributed by atoms with E-state index in [0.717, 1.165) is 22.6 Å². The van der Waals surface area contributed by atoms with Gasteiger partial charge >= 0.3 is 0 Å². The molecule has 0 atom stereocenters. The van der Waals surface area contributed by atoms with Crippen LogP contribution in [0.1, 0.15) is 12.6 Å². The lowest BCUT2D eigenvalue weighted by molar-refractivity contribution is -0.119. The average molecular weight is 265 g/mol. The third-order valence-electron chi connectivity index (χ3n) is 3.18. The highest BCUT2D eigenvalue weighted by Gasteiger charge is 2.13. The molecule has 1 N–H and O–H groups in total. The van der Waals surface area contributed by atoms with Gasteiger partial charge in [-0.3, -0.25) is 4.79 Å². The molecule has 20 heavy (non-hydrogen) atoms. The van der Waals surface area contributed by atoms with Gasteiger partial charge in [0.2, 0.25) is 5.91 Å². The van der Waals surface area contributed by atoms with Gasteiger partial charge in [-0.1, -0.05) is 36.4 Å². The highest BCUT2D eigenvalue weighted by Crippen LogP contribution is 2.24. The van der Waals surface area contributed by atoms with Crippen LogP contribution < -0.4 is 5.32 Å². The summed E-state index contributed by atoms with van der Waals surface area (Å²) in [7, 11) is 0. The second-order valence-corrected chi connectivity index (χ2v) is 4.61. The fourth-order valence-corrected chi connectivity index (χ4v) is 2.25. The molecule has 2 heterocycles. The molecule has 0 bridgehead atoms. The SMILES string of the molecule is CC(=O)NCc1c(-c2ccccc2)nc2ccccn12. The van der Waals surface area contributed by atoms with Crippen molar-refractivity contribution in [3.63, 3.8) is 0 Å². The number of rotatable bonds is 3. The lowest BCUT2D eigenvalue weighted by atomic mass is 10.1. The maximum absolute atomic E-state index is 11.2. The lowest BCUT2D eigenvalue weighted by Crippen LogP contribution is -2.20. The third-order valence-corrected chi connectivity index (χ3v) is 3.18. The Kier molecular flexibility index (Phi) is 3.21. The Balaban J connectivity index is 2.15. The number of hydrogen-bond acceptors (Lipinski definition) is 2. The molecule has 1 aromatic carbocycles. The van der Waals surface area contributed by atoms with Gasteiger partial charge in [-0.25, -0.2) is 4.98 Å². The number of carbonyl (C=O) groups is 1. The molecular formula is C16H15N3O. The van der Waals surface area contributed by atoms with E-state index in [1.54, 1.807) is 0 Å². The molecule has 0 aliphatic rings. The van der Waals surface area contributed by atoms with Crippen molar-refractivity contribution in [2.75, 3.05) is 0 Å². The van der Waals surface area contributed by atoms with Gasteiger partial charge in [0.05, 0.1) is 17.9 Å². The van der Waals surface area contributed by atoms with E-state index in [2.05, 4.69) is 10.3 Å². The zero-order valence-corrected chi connectivity index (χ0v) is 11.2. The zero-order valence-electron chi connectivity index (χ0n) is 11.2. The van der Waals surface area contributed by atoms with Crippen LogP contribution in [0.4, 0.5) is 0 Å². The van der Waals surface area contributed by atoms with Gasteiger partial charge < -0.3 is 9.72 Å². The number of imidazole rings is 1. The molecular weight excluding hydrogens is 250 g/mol. The normalized spacial score (nSPS) is 10.7. The average Bonchev–Trinajstić information content (AvgIpc) is 2.84. The molecule has 0 saturated heterocycles. The predicted octanol–water partition coefficient (Wildman–Crippen LogP) is 2.64. The Labute approximate surface area is 117 Å². The maximum Gasteiger partial charge on any atom is 0.217 e. The van der Waals surface area contributed by atoms with E-state index in [4.69, 9.17) is 0 Å². The first-order valence-electron chi connectivity index (χ1n) is 6.51. The van der Waals surface area contributed by atoms with Crippen molar-refractivity contribution >= 4 is 11.6 Å². The summed E-state index contributed by atoms with van der Waals surface area (Å²) < 4.78 is 2.01. The van der Waals surface area contributed by atoms with Crippen molar-refractivity contribution in [3.8, 4) is 11.3 Å². The number of hydrogen-bond donors (Lipinski definition) is 1. The zero-order chi connectivity index (χ0) is 13.9. The van der Waals surface area contributed by atoms with Crippen molar-refractivity contribution in [1.82, 2.24) is 14.7 Å². The van der Waals surface area contributed by atoms with E-state index in [-0.39, 0.29) is 5.91 Å². The van der Waals surface area contributed by atoms with Crippen molar-refractivity contribution in [1.29, 1.82) is 0 Å². The van der Waals surface area contributed by atoms with Crippen LogP contribution in [0, 0.1) is 0 Å². The minimum atomic E-state index is -0.0464.